The van der Waals surface area contributed by atoms with Gasteiger partial charge in [-0.3, -0.25) is 9.69 Å². The maximum Gasteiger partial charge on any atom is 0.143 e. The van der Waals surface area contributed by atoms with Crippen LogP contribution < -0.4 is 0 Å². The number of carbonyl (C=O) groups is 1. The summed E-state index contributed by atoms with van der Waals surface area (Å²) in [6, 6.07) is 10.5. The molecular formula is C20H29NO2. The highest BCUT2D eigenvalue weighted by Gasteiger charge is 2.39. The summed E-state index contributed by atoms with van der Waals surface area (Å²) in [5.74, 6) is 0.469. The first-order valence-electron chi connectivity index (χ1n) is 9.20. The minimum atomic E-state index is -0.204. The first kappa shape index (κ1) is 16.7. The summed E-state index contributed by atoms with van der Waals surface area (Å²) >= 11 is 0. The van der Waals surface area contributed by atoms with Crippen LogP contribution in [-0.2, 0) is 14.9 Å². The molecule has 23 heavy (non-hydrogen) atoms. The normalized spacial score (nSPS) is 21.9. The highest BCUT2D eigenvalue weighted by atomic mass is 16.5. The number of hydrogen-bond donors (Lipinski definition) is 0. The Balaban J connectivity index is 1.61. The zero-order valence-corrected chi connectivity index (χ0v) is 14.1. The van der Waals surface area contributed by atoms with E-state index in [2.05, 4.69) is 29.2 Å². The fourth-order valence-electron chi connectivity index (χ4n) is 4.17. The lowest BCUT2D eigenvalue weighted by Crippen LogP contribution is -2.39. The van der Waals surface area contributed by atoms with Crippen molar-refractivity contribution in [3.8, 4) is 0 Å². The molecule has 3 nitrogen and oxygen atoms in total. The van der Waals surface area contributed by atoms with Crippen LogP contribution in [0, 0.1) is 0 Å². The molecule has 1 aliphatic heterocycles. The highest BCUT2D eigenvalue weighted by Crippen LogP contribution is 2.41. The average Bonchev–Trinajstić information content (AvgIpc) is 2.64. The van der Waals surface area contributed by atoms with Crippen LogP contribution in [0.15, 0.2) is 30.3 Å². The lowest BCUT2D eigenvalue weighted by atomic mass is 9.66. The molecule has 0 bridgehead atoms. The molecule has 3 rings (SSSR count). The van der Waals surface area contributed by atoms with Crippen LogP contribution >= 0.6 is 0 Å². The second-order valence-corrected chi connectivity index (χ2v) is 6.99. The van der Waals surface area contributed by atoms with Crippen LogP contribution in [-0.4, -0.2) is 43.5 Å². The number of Topliss-reactive ketones (excluding diaryl/α,β-unsaturated/α-hetero) is 1. The summed E-state index contributed by atoms with van der Waals surface area (Å²) in [5, 5.41) is 0. The average molecular weight is 315 g/mol. The van der Waals surface area contributed by atoms with Crippen LogP contribution in [0.2, 0.25) is 0 Å². The summed E-state index contributed by atoms with van der Waals surface area (Å²) in [5.41, 5.74) is 1.04. The van der Waals surface area contributed by atoms with Crippen molar-refractivity contribution in [3.05, 3.63) is 35.9 Å². The molecule has 1 saturated carbocycles. The predicted molar refractivity (Wildman–Crippen MR) is 92.7 cm³/mol. The summed E-state index contributed by atoms with van der Waals surface area (Å²) in [4.78, 5) is 15.5. The molecule has 0 unspecified atom stereocenters. The Kier molecular flexibility index (Phi) is 5.85. The van der Waals surface area contributed by atoms with Gasteiger partial charge in [0.05, 0.1) is 18.6 Å². The summed E-state index contributed by atoms with van der Waals surface area (Å²) in [6.07, 6.45) is 7.41. The fourth-order valence-corrected chi connectivity index (χ4v) is 4.17. The van der Waals surface area contributed by atoms with Gasteiger partial charge in [-0.2, -0.15) is 0 Å². The van der Waals surface area contributed by atoms with Gasteiger partial charge in [-0.1, -0.05) is 49.6 Å². The second kappa shape index (κ2) is 8.07. The van der Waals surface area contributed by atoms with E-state index >= 15 is 0 Å². The van der Waals surface area contributed by atoms with E-state index in [1.165, 1.54) is 24.8 Å². The lowest BCUT2D eigenvalue weighted by Gasteiger charge is -2.37. The van der Waals surface area contributed by atoms with Crippen molar-refractivity contribution in [1.82, 2.24) is 4.90 Å². The maximum absolute atomic E-state index is 13.1. The van der Waals surface area contributed by atoms with Gasteiger partial charge in [0.1, 0.15) is 5.78 Å². The molecule has 0 aromatic heterocycles. The standard InChI is InChI=1S/C20H29NO2/c22-19(10-7-13-21-14-16-23-17-15-21)20(11-5-2-6-12-20)18-8-3-1-4-9-18/h1,3-4,8-9H,2,5-7,10-17H2. The fraction of sp³-hybridized carbons (Fsp3) is 0.650. The van der Waals surface area contributed by atoms with Gasteiger partial charge in [0.25, 0.3) is 0 Å². The number of hydrogen-bond acceptors (Lipinski definition) is 3. The molecule has 1 aromatic rings. The van der Waals surface area contributed by atoms with Crippen molar-refractivity contribution in [3.63, 3.8) is 0 Å². The Morgan fingerprint density at radius 3 is 2.43 bits per heavy atom. The Morgan fingerprint density at radius 2 is 1.74 bits per heavy atom. The van der Waals surface area contributed by atoms with E-state index in [0.29, 0.717) is 12.2 Å². The molecule has 1 heterocycles. The maximum atomic E-state index is 13.1. The van der Waals surface area contributed by atoms with Crippen molar-refractivity contribution in [2.45, 2.75) is 50.4 Å². The molecule has 1 aliphatic carbocycles. The quantitative estimate of drug-likeness (QED) is 0.804. The topological polar surface area (TPSA) is 29.5 Å². The summed E-state index contributed by atoms with van der Waals surface area (Å²) in [7, 11) is 0. The predicted octanol–water partition coefficient (Wildman–Crippen LogP) is 3.57. The number of benzene rings is 1. The van der Waals surface area contributed by atoms with Gasteiger partial charge >= 0.3 is 0 Å². The third-order valence-corrected chi connectivity index (χ3v) is 5.55. The van der Waals surface area contributed by atoms with Crippen molar-refractivity contribution < 1.29 is 9.53 Å². The van der Waals surface area contributed by atoms with Crippen molar-refractivity contribution >= 4 is 5.78 Å². The lowest BCUT2D eigenvalue weighted by molar-refractivity contribution is -0.126. The van der Waals surface area contributed by atoms with Gasteiger partial charge in [0.15, 0.2) is 0 Å². The zero-order chi connectivity index (χ0) is 16.0. The molecule has 3 heteroatoms. The SMILES string of the molecule is O=C(CCCN1CCOCC1)C1(c2ccccc2)CCCCC1. The third-order valence-electron chi connectivity index (χ3n) is 5.55. The van der Waals surface area contributed by atoms with Crippen molar-refractivity contribution in [2.75, 3.05) is 32.8 Å². The van der Waals surface area contributed by atoms with Crippen molar-refractivity contribution in [2.24, 2.45) is 0 Å². The molecular weight excluding hydrogens is 286 g/mol. The van der Waals surface area contributed by atoms with Crippen LogP contribution in [0.4, 0.5) is 0 Å². The minimum absolute atomic E-state index is 0.204. The highest BCUT2D eigenvalue weighted by molar-refractivity contribution is 5.90. The Bertz CT molecular complexity index is 488. The van der Waals surface area contributed by atoms with E-state index in [0.717, 1.165) is 52.1 Å². The van der Waals surface area contributed by atoms with Crippen molar-refractivity contribution in [1.29, 1.82) is 0 Å². The first-order valence-corrected chi connectivity index (χ1v) is 9.20. The molecule has 0 spiro atoms. The number of ether oxygens (including phenoxy) is 1. The molecule has 1 aromatic carbocycles. The minimum Gasteiger partial charge on any atom is -0.379 e. The third kappa shape index (κ3) is 4.02. The smallest absolute Gasteiger partial charge is 0.143 e. The van der Waals surface area contributed by atoms with Gasteiger partial charge in [-0.25, -0.2) is 0 Å². The number of rotatable bonds is 6. The van der Waals surface area contributed by atoms with E-state index in [4.69, 9.17) is 4.74 Å². The molecule has 0 atom stereocenters. The van der Waals surface area contributed by atoms with E-state index in [-0.39, 0.29) is 5.41 Å². The molecule has 2 fully saturated rings. The number of nitrogens with zero attached hydrogens (tertiary/aromatic N) is 1. The van der Waals surface area contributed by atoms with Crippen LogP contribution in [0.1, 0.15) is 50.5 Å². The largest absolute Gasteiger partial charge is 0.379 e. The number of ketones is 1. The first-order chi connectivity index (χ1) is 11.3. The van der Waals surface area contributed by atoms with Gasteiger partial charge in [0, 0.05) is 19.5 Å². The van der Waals surface area contributed by atoms with Gasteiger partial charge in [-0.05, 0) is 31.4 Å². The number of carbonyl (C=O) groups excluding carboxylic acids is 1. The molecule has 0 amide bonds. The van der Waals surface area contributed by atoms with E-state index in [1.54, 1.807) is 0 Å². The van der Waals surface area contributed by atoms with E-state index < -0.39 is 0 Å². The molecule has 1 saturated heterocycles. The monoisotopic (exact) mass is 315 g/mol. The van der Waals surface area contributed by atoms with Gasteiger partial charge < -0.3 is 4.74 Å². The van der Waals surface area contributed by atoms with Crippen LogP contribution in [0.3, 0.4) is 0 Å². The van der Waals surface area contributed by atoms with Gasteiger partial charge in [-0.15, -0.1) is 0 Å². The van der Waals surface area contributed by atoms with E-state index in [9.17, 15) is 4.79 Å². The van der Waals surface area contributed by atoms with E-state index in [1.807, 2.05) is 6.07 Å². The number of morpholine rings is 1. The van der Waals surface area contributed by atoms with Crippen LogP contribution in [0.25, 0.3) is 0 Å². The van der Waals surface area contributed by atoms with Gasteiger partial charge in [0.2, 0.25) is 0 Å². The molecule has 0 N–H and O–H groups in total. The Hall–Kier alpha value is -1.19. The zero-order valence-electron chi connectivity index (χ0n) is 14.1. The summed E-state index contributed by atoms with van der Waals surface area (Å²) < 4.78 is 5.39. The molecule has 2 aliphatic rings. The van der Waals surface area contributed by atoms with Crippen LogP contribution in [0.5, 0.6) is 0 Å². The Morgan fingerprint density at radius 1 is 1.04 bits per heavy atom. The summed E-state index contributed by atoms with van der Waals surface area (Å²) in [6.45, 7) is 4.72. The molecule has 0 radical (unpaired) electrons. The second-order valence-electron chi connectivity index (χ2n) is 6.99. The molecule has 126 valence electrons. The Labute approximate surface area is 140 Å².